The van der Waals surface area contributed by atoms with Crippen molar-refractivity contribution in [3.05, 3.63) is 35.4 Å². The predicted octanol–water partition coefficient (Wildman–Crippen LogP) is 2.12. The van der Waals surface area contributed by atoms with Crippen molar-refractivity contribution >= 4 is 5.97 Å². The lowest BCUT2D eigenvalue weighted by Gasteiger charge is -2.05. The van der Waals surface area contributed by atoms with Crippen molar-refractivity contribution < 1.29 is 9.53 Å². The molecule has 3 heteroatoms. The van der Waals surface area contributed by atoms with Crippen molar-refractivity contribution in [2.45, 2.75) is 32.4 Å². The van der Waals surface area contributed by atoms with Gasteiger partial charge >= 0.3 is 5.97 Å². The number of ether oxygens (including phenoxy) is 1. The van der Waals surface area contributed by atoms with Gasteiger partial charge in [-0.25, -0.2) is 4.79 Å². The van der Waals surface area contributed by atoms with Gasteiger partial charge in [0.1, 0.15) is 0 Å². The van der Waals surface area contributed by atoms with Crippen molar-refractivity contribution in [2.24, 2.45) is 0 Å². The van der Waals surface area contributed by atoms with Gasteiger partial charge in [0, 0.05) is 12.6 Å². The molecule has 86 valence electrons. The zero-order chi connectivity index (χ0) is 11.4. The molecule has 0 atom stereocenters. The molecule has 3 nitrogen and oxygen atoms in total. The summed E-state index contributed by atoms with van der Waals surface area (Å²) in [5.41, 5.74) is 1.83. The van der Waals surface area contributed by atoms with E-state index in [9.17, 15) is 4.79 Å². The Labute approximate surface area is 95.8 Å². The fraction of sp³-hybridized carbons (Fsp3) is 0.462. The van der Waals surface area contributed by atoms with Crippen molar-refractivity contribution in [3.63, 3.8) is 0 Å². The molecule has 0 radical (unpaired) electrons. The number of carbonyl (C=O) groups is 1. The third-order valence-electron chi connectivity index (χ3n) is 2.64. The highest BCUT2D eigenvalue weighted by molar-refractivity contribution is 5.89. The zero-order valence-corrected chi connectivity index (χ0v) is 9.53. The van der Waals surface area contributed by atoms with Crippen LogP contribution in [0.3, 0.4) is 0 Å². The maximum atomic E-state index is 11.4. The van der Waals surface area contributed by atoms with E-state index in [1.165, 1.54) is 18.4 Å². The van der Waals surface area contributed by atoms with E-state index in [1.54, 1.807) is 0 Å². The Kier molecular flexibility index (Phi) is 3.57. The molecule has 0 heterocycles. The summed E-state index contributed by atoms with van der Waals surface area (Å²) in [5, 5.41) is 3.43. The van der Waals surface area contributed by atoms with E-state index in [4.69, 9.17) is 4.74 Å². The van der Waals surface area contributed by atoms with Gasteiger partial charge in [-0.1, -0.05) is 12.1 Å². The van der Waals surface area contributed by atoms with Gasteiger partial charge in [0.25, 0.3) is 0 Å². The second kappa shape index (κ2) is 5.12. The van der Waals surface area contributed by atoms with E-state index in [1.807, 2.05) is 31.2 Å². The molecule has 1 aromatic carbocycles. The van der Waals surface area contributed by atoms with Crippen molar-refractivity contribution in [1.82, 2.24) is 5.32 Å². The molecule has 1 saturated carbocycles. The molecule has 0 spiro atoms. The first-order valence-corrected chi connectivity index (χ1v) is 5.79. The molecule has 0 amide bonds. The highest BCUT2D eigenvalue weighted by Gasteiger charge is 2.19. The molecule has 0 bridgehead atoms. The van der Waals surface area contributed by atoms with E-state index in [0.717, 1.165) is 6.54 Å². The van der Waals surface area contributed by atoms with Gasteiger partial charge in [-0.2, -0.15) is 0 Å². The van der Waals surface area contributed by atoms with E-state index >= 15 is 0 Å². The van der Waals surface area contributed by atoms with Crippen LogP contribution in [-0.2, 0) is 11.3 Å². The van der Waals surface area contributed by atoms with E-state index in [0.29, 0.717) is 18.2 Å². The topological polar surface area (TPSA) is 38.3 Å². The Morgan fingerprint density at radius 1 is 1.38 bits per heavy atom. The molecule has 0 saturated heterocycles. The Morgan fingerprint density at radius 2 is 2.06 bits per heavy atom. The van der Waals surface area contributed by atoms with E-state index < -0.39 is 0 Å². The van der Waals surface area contributed by atoms with Gasteiger partial charge in [0.15, 0.2) is 0 Å². The molecule has 0 aromatic heterocycles. The zero-order valence-electron chi connectivity index (χ0n) is 9.53. The minimum absolute atomic E-state index is 0.246. The largest absolute Gasteiger partial charge is 0.462 e. The summed E-state index contributed by atoms with van der Waals surface area (Å²) in [6.45, 7) is 3.11. The number of hydrogen-bond acceptors (Lipinski definition) is 3. The van der Waals surface area contributed by atoms with Crippen molar-refractivity contribution in [2.75, 3.05) is 6.61 Å². The predicted molar refractivity (Wildman–Crippen MR) is 62.3 cm³/mol. The smallest absolute Gasteiger partial charge is 0.338 e. The number of benzene rings is 1. The first-order chi connectivity index (χ1) is 7.79. The third-order valence-corrected chi connectivity index (χ3v) is 2.64. The Morgan fingerprint density at radius 3 is 2.62 bits per heavy atom. The van der Waals surface area contributed by atoms with Crippen molar-refractivity contribution in [3.8, 4) is 0 Å². The van der Waals surface area contributed by atoms with Crippen LogP contribution in [0.2, 0.25) is 0 Å². The maximum absolute atomic E-state index is 11.4. The first-order valence-electron chi connectivity index (χ1n) is 5.79. The van der Waals surface area contributed by atoms with Gasteiger partial charge in [-0.3, -0.25) is 0 Å². The molecule has 2 rings (SSSR count). The monoisotopic (exact) mass is 219 g/mol. The molecular weight excluding hydrogens is 202 g/mol. The summed E-state index contributed by atoms with van der Waals surface area (Å²) in [7, 11) is 0. The van der Waals surface area contributed by atoms with Crippen LogP contribution >= 0.6 is 0 Å². The standard InChI is InChI=1S/C13H17NO2/c1-2-16-13(15)11-5-3-10(4-6-11)9-14-12-7-8-12/h3-6,12,14H,2,7-9H2,1H3. The number of esters is 1. The lowest BCUT2D eigenvalue weighted by atomic mass is 10.1. The number of carbonyl (C=O) groups excluding carboxylic acids is 1. The second-order valence-corrected chi connectivity index (χ2v) is 4.07. The van der Waals surface area contributed by atoms with Crippen molar-refractivity contribution in [1.29, 1.82) is 0 Å². The van der Waals surface area contributed by atoms with Gasteiger partial charge in [-0.15, -0.1) is 0 Å². The van der Waals surface area contributed by atoms with E-state index in [-0.39, 0.29) is 5.97 Å². The van der Waals surface area contributed by atoms with Crippen LogP contribution in [0.1, 0.15) is 35.7 Å². The minimum atomic E-state index is -0.246. The molecule has 1 fully saturated rings. The van der Waals surface area contributed by atoms with Crippen LogP contribution < -0.4 is 5.32 Å². The summed E-state index contributed by atoms with van der Waals surface area (Å²) in [6.07, 6.45) is 2.59. The second-order valence-electron chi connectivity index (χ2n) is 4.07. The fourth-order valence-corrected chi connectivity index (χ4v) is 1.52. The van der Waals surface area contributed by atoms with Crippen LogP contribution in [-0.4, -0.2) is 18.6 Å². The molecule has 1 N–H and O–H groups in total. The first kappa shape index (κ1) is 11.1. The normalized spacial score (nSPS) is 14.8. The number of hydrogen-bond donors (Lipinski definition) is 1. The summed E-state index contributed by atoms with van der Waals surface area (Å²) in [4.78, 5) is 11.4. The number of nitrogens with one attached hydrogen (secondary N) is 1. The SMILES string of the molecule is CCOC(=O)c1ccc(CNC2CC2)cc1. The highest BCUT2D eigenvalue weighted by atomic mass is 16.5. The van der Waals surface area contributed by atoms with Crippen LogP contribution in [0, 0.1) is 0 Å². The summed E-state index contributed by atoms with van der Waals surface area (Å²) in [5.74, 6) is -0.246. The average Bonchev–Trinajstić information content (AvgIpc) is 3.11. The molecule has 0 aliphatic heterocycles. The van der Waals surface area contributed by atoms with Crippen LogP contribution in [0.15, 0.2) is 24.3 Å². The Balaban J connectivity index is 1.89. The van der Waals surface area contributed by atoms with Gasteiger partial charge < -0.3 is 10.1 Å². The summed E-state index contributed by atoms with van der Waals surface area (Å²) < 4.78 is 4.92. The van der Waals surface area contributed by atoms with Gasteiger partial charge in [0.2, 0.25) is 0 Å². The number of rotatable bonds is 5. The Bertz CT molecular complexity index is 355. The Hall–Kier alpha value is -1.35. The third kappa shape index (κ3) is 3.07. The maximum Gasteiger partial charge on any atom is 0.338 e. The lowest BCUT2D eigenvalue weighted by molar-refractivity contribution is 0.0526. The van der Waals surface area contributed by atoms with E-state index in [2.05, 4.69) is 5.32 Å². The van der Waals surface area contributed by atoms with Crippen LogP contribution in [0.5, 0.6) is 0 Å². The molecular formula is C13H17NO2. The fourth-order valence-electron chi connectivity index (χ4n) is 1.52. The summed E-state index contributed by atoms with van der Waals surface area (Å²) >= 11 is 0. The lowest BCUT2D eigenvalue weighted by Crippen LogP contribution is -2.15. The average molecular weight is 219 g/mol. The molecule has 16 heavy (non-hydrogen) atoms. The van der Waals surface area contributed by atoms with Crippen LogP contribution in [0.4, 0.5) is 0 Å². The van der Waals surface area contributed by atoms with Gasteiger partial charge in [-0.05, 0) is 37.5 Å². The minimum Gasteiger partial charge on any atom is -0.462 e. The highest BCUT2D eigenvalue weighted by Crippen LogP contribution is 2.19. The molecule has 1 aliphatic rings. The molecule has 0 unspecified atom stereocenters. The summed E-state index contributed by atoms with van der Waals surface area (Å²) in [6, 6.07) is 8.30. The molecule has 1 aromatic rings. The van der Waals surface area contributed by atoms with Crippen LogP contribution in [0.25, 0.3) is 0 Å². The molecule has 1 aliphatic carbocycles. The van der Waals surface area contributed by atoms with Gasteiger partial charge in [0.05, 0.1) is 12.2 Å². The quantitative estimate of drug-likeness (QED) is 0.771.